The molecule has 0 radical (unpaired) electrons. The van der Waals surface area contributed by atoms with E-state index in [0.717, 1.165) is 16.1 Å². The lowest BCUT2D eigenvalue weighted by Crippen LogP contribution is -2.08. The predicted octanol–water partition coefficient (Wildman–Crippen LogP) is 4.56. The molecule has 0 saturated heterocycles. The zero-order valence-corrected chi connectivity index (χ0v) is 13.2. The smallest absolute Gasteiger partial charge is 0.408 e. The second-order valence-corrected chi connectivity index (χ2v) is 6.17. The first kappa shape index (κ1) is 14.4. The summed E-state index contributed by atoms with van der Waals surface area (Å²) in [5.74, 6) is -0.373. The van der Waals surface area contributed by atoms with Gasteiger partial charge in [0.25, 0.3) is 0 Å². The van der Waals surface area contributed by atoms with Crippen molar-refractivity contribution in [3.63, 3.8) is 0 Å². The lowest BCUT2D eigenvalue weighted by atomic mass is 10.3. The van der Waals surface area contributed by atoms with Crippen molar-refractivity contribution in [3.05, 3.63) is 57.0 Å². The minimum Gasteiger partial charge on any atom is -0.408 e. The van der Waals surface area contributed by atoms with E-state index in [9.17, 15) is 4.79 Å². The summed E-state index contributed by atoms with van der Waals surface area (Å²) in [5, 5.41) is 1.13. The van der Waals surface area contributed by atoms with Gasteiger partial charge in [-0.15, -0.1) is 0 Å². The number of aryl methyl sites for hydroxylation is 1. The number of oxazole rings is 1. The summed E-state index contributed by atoms with van der Waals surface area (Å²) in [4.78, 5) is 12.4. The molecular formula is C14H10Cl2N2O2S. The van der Waals surface area contributed by atoms with Gasteiger partial charge in [0.1, 0.15) is 0 Å². The molecule has 3 aromatic rings. The molecule has 0 amide bonds. The summed E-state index contributed by atoms with van der Waals surface area (Å²) in [6, 6.07) is 10.8. The van der Waals surface area contributed by atoms with Gasteiger partial charge in [-0.25, -0.2) is 4.79 Å². The van der Waals surface area contributed by atoms with Crippen LogP contribution in [0.4, 0.5) is 5.69 Å². The third-order valence-electron chi connectivity index (χ3n) is 2.91. The van der Waals surface area contributed by atoms with Crippen LogP contribution in [-0.2, 0) is 7.05 Å². The molecule has 0 aliphatic heterocycles. The van der Waals surface area contributed by atoms with E-state index in [1.165, 1.54) is 16.5 Å². The van der Waals surface area contributed by atoms with Crippen molar-refractivity contribution in [1.82, 2.24) is 4.57 Å². The third-order valence-corrected chi connectivity index (χ3v) is 4.18. The van der Waals surface area contributed by atoms with E-state index in [2.05, 4.69) is 4.72 Å². The molecule has 0 unspecified atom stereocenters. The van der Waals surface area contributed by atoms with Crippen LogP contribution in [0.1, 0.15) is 0 Å². The number of anilines is 1. The topological polar surface area (TPSA) is 47.2 Å². The number of hydrogen-bond donors (Lipinski definition) is 1. The van der Waals surface area contributed by atoms with Gasteiger partial charge in [-0.05, 0) is 48.3 Å². The van der Waals surface area contributed by atoms with Crippen molar-refractivity contribution in [2.75, 3.05) is 4.72 Å². The molecule has 0 spiro atoms. The fourth-order valence-electron chi connectivity index (χ4n) is 1.91. The van der Waals surface area contributed by atoms with Crippen LogP contribution >= 0.6 is 35.1 Å². The predicted molar refractivity (Wildman–Crippen MR) is 87.4 cm³/mol. The van der Waals surface area contributed by atoms with Crippen LogP contribution in [0.2, 0.25) is 10.0 Å². The molecule has 0 bridgehead atoms. The molecule has 1 N–H and O–H groups in total. The summed E-state index contributed by atoms with van der Waals surface area (Å²) < 4.78 is 9.77. The monoisotopic (exact) mass is 340 g/mol. The number of benzene rings is 2. The van der Waals surface area contributed by atoms with Gasteiger partial charge in [-0.3, -0.25) is 4.57 Å². The van der Waals surface area contributed by atoms with E-state index >= 15 is 0 Å². The van der Waals surface area contributed by atoms with Crippen LogP contribution in [0, 0.1) is 0 Å². The zero-order chi connectivity index (χ0) is 15.0. The van der Waals surface area contributed by atoms with Crippen molar-refractivity contribution in [2.45, 2.75) is 4.90 Å². The normalized spacial score (nSPS) is 11.0. The molecule has 21 heavy (non-hydrogen) atoms. The SMILES string of the molecule is Cn1c(=O)oc2cc(SNc3cc(Cl)cc(Cl)c3)ccc21. The second-order valence-electron chi connectivity index (χ2n) is 4.42. The number of rotatable bonds is 3. The van der Waals surface area contributed by atoms with Crippen LogP contribution in [0.5, 0.6) is 0 Å². The van der Waals surface area contributed by atoms with Gasteiger partial charge in [-0.1, -0.05) is 23.2 Å². The third kappa shape index (κ3) is 3.05. The lowest BCUT2D eigenvalue weighted by molar-refractivity contribution is 0.527. The van der Waals surface area contributed by atoms with Gasteiger partial charge in [0.05, 0.1) is 5.52 Å². The Bertz CT molecular complexity index is 853. The molecular weight excluding hydrogens is 331 g/mol. The van der Waals surface area contributed by atoms with Crippen LogP contribution < -0.4 is 10.5 Å². The molecule has 0 aliphatic carbocycles. The van der Waals surface area contributed by atoms with Crippen molar-refractivity contribution in [1.29, 1.82) is 0 Å². The first-order valence-corrected chi connectivity index (χ1v) is 7.59. The molecule has 0 fully saturated rings. The van der Waals surface area contributed by atoms with E-state index in [0.29, 0.717) is 15.6 Å². The lowest BCUT2D eigenvalue weighted by Gasteiger charge is -2.06. The van der Waals surface area contributed by atoms with Gasteiger partial charge in [-0.2, -0.15) is 0 Å². The Morgan fingerprint density at radius 3 is 2.57 bits per heavy atom. The number of halogens is 2. The molecule has 7 heteroatoms. The fraction of sp³-hybridized carbons (Fsp3) is 0.0714. The minimum absolute atomic E-state index is 0.373. The van der Waals surface area contributed by atoms with Crippen molar-refractivity contribution in [3.8, 4) is 0 Å². The summed E-state index contributed by atoms with van der Waals surface area (Å²) in [6.07, 6.45) is 0. The Balaban J connectivity index is 1.83. The minimum atomic E-state index is -0.373. The molecule has 2 aromatic carbocycles. The maximum atomic E-state index is 11.4. The molecule has 0 atom stereocenters. The number of hydrogen-bond acceptors (Lipinski definition) is 4. The highest BCUT2D eigenvalue weighted by atomic mass is 35.5. The molecule has 1 aromatic heterocycles. The van der Waals surface area contributed by atoms with Gasteiger partial charge < -0.3 is 9.14 Å². The van der Waals surface area contributed by atoms with Crippen molar-refractivity contribution < 1.29 is 4.42 Å². The first-order valence-electron chi connectivity index (χ1n) is 6.01. The quantitative estimate of drug-likeness (QED) is 0.710. The summed E-state index contributed by atoms with van der Waals surface area (Å²) >= 11 is 13.3. The Kier molecular flexibility index (Phi) is 3.89. The maximum Gasteiger partial charge on any atom is 0.419 e. The van der Waals surface area contributed by atoms with E-state index in [1.54, 1.807) is 31.3 Å². The number of fused-ring (bicyclic) bond motifs is 1. The summed E-state index contributed by atoms with van der Waals surface area (Å²) in [7, 11) is 1.67. The van der Waals surface area contributed by atoms with Crippen LogP contribution in [-0.4, -0.2) is 4.57 Å². The second kappa shape index (κ2) is 5.67. The van der Waals surface area contributed by atoms with E-state index < -0.39 is 0 Å². The van der Waals surface area contributed by atoms with E-state index in [-0.39, 0.29) is 5.76 Å². The maximum absolute atomic E-state index is 11.4. The van der Waals surface area contributed by atoms with Crippen molar-refractivity contribution >= 4 is 51.9 Å². The number of aromatic nitrogens is 1. The Morgan fingerprint density at radius 2 is 1.86 bits per heavy atom. The average molecular weight is 341 g/mol. The molecule has 3 rings (SSSR count). The number of nitrogens with one attached hydrogen (secondary N) is 1. The van der Waals surface area contributed by atoms with Crippen LogP contribution in [0.3, 0.4) is 0 Å². The molecule has 1 heterocycles. The van der Waals surface area contributed by atoms with Gasteiger partial charge in [0.2, 0.25) is 0 Å². The van der Waals surface area contributed by atoms with E-state index in [4.69, 9.17) is 27.6 Å². The van der Waals surface area contributed by atoms with Gasteiger partial charge in [0, 0.05) is 27.7 Å². The fourth-order valence-corrected chi connectivity index (χ4v) is 3.09. The molecule has 0 aliphatic rings. The van der Waals surface area contributed by atoms with Gasteiger partial charge >= 0.3 is 5.76 Å². The molecule has 108 valence electrons. The summed E-state index contributed by atoms with van der Waals surface area (Å²) in [5.41, 5.74) is 2.11. The van der Waals surface area contributed by atoms with Crippen molar-refractivity contribution in [2.24, 2.45) is 7.05 Å². The molecule has 0 saturated carbocycles. The standard InChI is InChI=1S/C14H10Cl2N2O2S/c1-18-12-3-2-11(7-13(12)20-14(18)19)21-17-10-5-8(15)4-9(16)6-10/h2-7,17H,1H3. The largest absolute Gasteiger partial charge is 0.419 e. The average Bonchev–Trinajstić information content (AvgIpc) is 2.70. The Morgan fingerprint density at radius 1 is 1.14 bits per heavy atom. The highest BCUT2D eigenvalue weighted by Crippen LogP contribution is 2.28. The Labute approximate surface area is 134 Å². The van der Waals surface area contributed by atoms with Crippen LogP contribution in [0.15, 0.2) is 50.5 Å². The van der Waals surface area contributed by atoms with Gasteiger partial charge in [0.15, 0.2) is 5.58 Å². The zero-order valence-electron chi connectivity index (χ0n) is 10.9. The summed E-state index contributed by atoms with van der Waals surface area (Å²) in [6.45, 7) is 0. The first-order chi connectivity index (χ1) is 10.0. The Hall–Kier alpha value is -1.56. The number of nitrogens with zero attached hydrogens (tertiary/aromatic N) is 1. The highest BCUT2D eigenvalue weighted by molar-refractivity contribution is 8.00. The molecule has 4 nitrogen and oxygen atoms in total. The van der Waals surface area contributed by atoms with Crippen LogP contribution in [0.25, 0.3) is 11.1 Å². The van der Waals surface area contributed by atoms with E-state index in [1.807, 2.05) is 12.1 Å². The highest BCUT2D eigenvalue weighted by Gasteiger charge is 2.07.